The maximum absolute atomic E-state index is 5.39. The van der Waals surface area contributed by atoms with E-state index in [1.165, 1.54) is 36.8 Å². The van der Waals surface area contributed by atoms with E-state index in [-0.39, 0.29) is 0 Å². The van der Waals surface area contributed by atoms with Gasteiger partial charge in [-0.3, -0.25) is 0 Å². The molecule has 1 aromatic carbocycles. The van der Waals surface area contributed by atoms with Crippen molar-refractivity contribution < 1.29 is 0 Å². The SMILES string of the molecule is Cc1ccc(CNC(=S)N[C@H]2CCCC[C@H]2C)cc1. The van der Waals surface area contributed by atoms with Crippen LogP contribution in [0.4, 0.5) is 0 Å². The summed E-state index contributed by atoms with van der Waals surface area (Å²) in [6, 6.07) is 9.11. The van der Waals surface area contributed by atoms with Crippen LogP contribution in [0.3, 0.4) is 0 Å². The lowest BCUT2D eigenvalue weighted by Crippen LogP contribution is -2.45. The zero-order valence-electron chi connectivity index (χ0n) is 11.9. The van der Waals surface area contributed by atoms with Crippen molar-refractivity contribution in [3.63, 3.8) is 0 Å². The van der Waals surface area contributed by atoms with Gasteiger partial charge >= 0.3 is 0 Å². The summed E-state index contributed by atoms with van der Waals surface area (Å²) in [4.78, 5) is 0. The molecule has 0 aliphatic heterocycles. The minimum Gasteiger partial charge on any atom is -0.360 e. The van der Waals surface area contributed by atoms with Crippen LogP contribution in [0.2, 0.25) is 0 Å². The Hall–Kier alpha value is -1.09. The Bertz CT molecular complexity index is 413. The van der Waals surface area contributed by atoms with E-state index in [1.54, 1.807) is 0 Å². The molecular formula is C16H24N2S. The lowest BCUT2D eigenvalue weighted by Gasteiger charge is -2.30. The van der Waals surface area contributed by atoms with Crippen LogP contribution in [-0.2, 0) is 6.54 Å². The molecule has 0 saturated heterocycles. The molecule has 19 heavy (non-hydrogen) atoms. The molecule has 0 spiro atoms. The van der Waals surface area contributed by atoms with E-state index in [1.807, 2.05) is 0 Å². The zero-order chi connectivity index (χ0) is 13.7. The van der Waals surface area contributed by atoms with E-state index in [9.17, 15) is 0 Å². The second-order valence-corrected chi connectivity index (χ2v) is 6.09. The molecule has 1 fully saturated rings. The van der Waals surface area contributed by atoms with Gasteiger partial charge in [0.25, 0.3) is 0 Å². The highest BCUT2D eigenvalue weighted by atomic mass is 32.1. The van der Waals surface area contributed by atoms with Crippen molar-refractivity contribution in [1.29, 1.82) is 0 Å². The standard InChI is InChI=1S/C16H24N2S/c1-12-7-9-14(10-8-12)11-17-16(19)18-15-6-4-3-5-13(15)2/h7-10,13,15H,3-6,11H2,1-2H3,(H2,17,18,19)/t13-,15+/m1/s1. The van der Waals surface area contributed by atoms with E-state index in [0.29, 0.717) is 6.04 Å². The Morgan fingerprint density at radius 2 is 1.89 bits per heavy atom. The third-order valence-corrected chi connectivity index (χ3v) is 4.26. The first kappa shape index (κ1) is 14.3. The van der Waals surface area contributed by atoms with Gasteiger partial charge in [-0.15, -0.1) is 0 Å². The first-order chi connectivity index (χ1) is 9.15. The Morgan fingerprint density at radius 1 is 1.21 bits per heavy atom. The van der Waals surface area contributed by atoms with Crippen LogP contribution in [0.5, 0.6) is 0 Å². The van der Waals surface area contributed by atoms with Gasteiger partial charge in [-0.05, 0) is 43.5 Å². The molecule has 2 nitrogen and oxygen atoms in total. The van der Waals surface area contributed by atoms with Crippen LogP contribution < -0.4 is 10.6 Å². The van der Waals surface area contributed by atoms with Gasteiger partial charge in [0.1, 0.15) is 0 Å². The summed E-state index contributed by atoms with van der Waals surface area (Å²) < 4.78 is 0. The molecule has 2 atom stereocenters. The van der Waals surface area contributed by atoms with Crippen LogP contribution >= 0.6 is 12.2 Å². The Morgan fingerprint density at radius 3 is 2.58 bits per heavy atom. The van der Waals surface area contributed by atoms with Gasteiger partial charge in [-0.2, -0.15) is 0 Å². The van der Waals surface area contributed by atoms with Gasteiger partial charge in [0.05, 0.1) is 0 Å². The molecule has 3 heteroatoms. The van der Waals surface area contributed by atoms with E-state index in [0.717, 1.165) is 17.6 Å². The maximum Gasteiger partial charge on any atom is 0.166 e. The monoisotopic (exact) mass is 276 g/mol. The van der Waals surface area contributed by atoms with E-state index in [4.69, 9.17) is 12.2 Å². The number of benzene rings is 1. The Balaban J connectivity index is 1.76. The zero-order valence-corrected chi connectivity index (χ0v) is 12.7. The third-order valence-electron chi connectivity index (χ3n) is 4.00. The molecule has 0 amide bonds. The number of nitrogens with one attached hydrogen (secondary N) is 2. The molecule has 1 aliphatic rings. The molecule has 0 unspecified atom stereocenters. The number of hydrogen-bond donors (Lipinski definition) is 2. The van der Waals surface area contributed by atoms with Crippen LogP contribution in [0.25, 0.3) is 0 Å². The molecule has 2 rings (SSSR count). The molecule has 0 radical (unpaired) electrons. The first-order valence-electron chi connectivity index (χ1n) is 7.25. The average Bonchev–Trinajstić information content (AvgIpc) is 2.41. The second-order valence-electron chi connectivity index (χ2n) is 5.68. The van der Waals surface area contributed by atoms with Crippen LogP contribution in [0.1, 0.15) is 43.7 Å². The summed E-state index contributed by atoms with van der Waals surface area (Å²) in [6.07, 6.45) is 5.25. The fraction of sp³-hybridized carbons (Fsp3) is 0.562. The summed E-state index contributed by atoms with van der Waals surface area (Å²) in [6.45, 7) is 5.22. The highest BCUT2D eigenvalue weighted by Gasteiger charge is 2.21. The normalized spacial score (nSPS) is 22.8. The van der Waals surface area contributed by atoms with Crippen molar-refractivity contribution in [2.24, 2.45) is 5.92 Å². The maximum atomic E-state index is 5.39. The molecule has 0 heterocycles. The molecule has 1 aliphatic carbocycles. The molecule has 2 N–H and O–H groups in total. The highest BCUT2D eigenvalue weighted by molar-refractivity contribution is 7.80. The predicted molar refractivity (Wildman–Crippen MR) is 85.2 cm³/mol. The smallest absolute Gasteiger partial charge is 0.166 e. The van der Waals surface area contributed by atoms with E-state index >= 15 is 0 Å². The fourth-order valence-corrected chi connectivity index (χ4v) is 2.86. The first-order valence-corrected chi connectivity index (χ1v) is 7.66. The van der Waals surface area contributed by atoms with Gasteiger partial charge < -0.3 is 10.6 Å². The molecule has 0 aromatic heterocycles. The third kappa shape index (κ3) is 4.50. The Labute approximate surface area is 122 Å². The van der Waals surface area contributed by atoms with Crippen molar-refractivity contribution in [1.82, 2.24) is 10.6 Å². The van der Waals surface area contributed by atoms with Crippen molar-refractivity contribution in [2.75, 3.05) is 0 Å². The highest BCUT2D eigenvalue weighted by Crippen LogP contribution is 2.23. The number of hydrogen-bond acceptors (Lipinski definition) is 1. The summed E-state index contributed by atoms with van der Waals surface area (Å²) in [5.74, 6) is 0.730. The number of thiocarbonyl (C=S) groups is 1. The molecule has 1 saturated carbocycles. The largest absolute Gasteiger partial charge is 0.360 e. The molecule has 1 aromatic rings. The van der Waals surface area contributed by atoms with Crippen LogP contribution in [-0.4, -0.2) is 11.2 Å². The lowest BCUT2D eigenvalue weighted by atomic mass is 9.86. The lowest BCUT2D eigenvalue weighted by molar-refractivity contribution is 0.308. The minimum absolute atomic E-state index is 0.548. The van der Waals surface area contributed by atoms with Crippen molar-refractivity contribution in [3.05, 3.63) is 35.4 Å². The van der Waals surface area contributed by atoms with Gasteiger partial charge in [0.2, 0.25) is 0 Å². The summed E-state index contributed by atoms with van der Waals surface area (Å²) in [7, 11) is 0. The summed E-state index contributed by atoms with van der Waals surface area (Å²) in [5, 5.41) is 7.57. The fourth-order valence-electron chi connectivity index (χ4n) is 2.64. The topological polar surface area (TPSA) is 24.1 Å². The summed E-state index contributed by atoms with van der Waals surface area (Å²) in [5.41, 5.74) is 2.56. The van der Waals surface area contributed by atoms with E-state index in [2.05, 4.69) is 48.7 Å². The molecular weight excluding hydrogens is 252 g/mol. The predicted octanol–water partition coefficient (Wildman–Crippen LogP) is 3.54. The van der Waals surface area contributed by atoms with Gasteiger partial charge in [0, 0.05) is 12.6 Å². The molecule has 0 bridgehead atoms. The van der Waals surface area contributed by atoms with Gasteiger partial charge in [-0.1, -0.05) is 49.6 Å². The Kier molecular flexibility index (Phi) is 5.20. The van der Waals surface area contributed by atoms with Gasteiger partial charge in [0.15, 0.2) is 5.11 Å². The average molecular weight is 276 g/mol. The van der Waals surface area contributed by atoms with Crippen molar-refractivity contribution >= 4 is 17.3 Å². The number of rotatable bonds is 3. The number of aryl methyl sites for hydroxylation is 1. The van der Waals surface area contributed by atoms with E-state index < -0.39 is 0 Å². The summed E-state index contributed by atoms with van der Waals surface area (Å²) >= 11 is 5.39. The van der Waals surface area contributed by atoms with Crippen LogP contribution in [0.15, 0.2) is 24.3 Å². The second kappa shape index (κ2) is 6.90. The van der Waals surface area contributed by atoms with Crippen molar-refractivity contribution in [2.45, 2.75) is 52.1 Å². The minimum atomic E-state index is 0.548. The van der Waals surface area contributed by atoms with Crippen LogP contribution in [0, 0.1) is 12.8 Å². The van der Waals surface area contributed by atoms with Gasteiger partial charge in [-0.25, -0.2) is 0 Å². The van der Waals surface area contributed by atoms with Crippen molar-refractivity contribution in [3.8, 4) is 0 Å². The molecule has 104 valence electrons. The quantitative estimate of drug-likeness (QED) is 0.826.